The Balaban J connectivity index is 2.06. The van der Waals surface area contributed by atoms with E-state index in [0.717, 1.165) is 13.1 Å². The Hall–Kier alpha value is -0.120. The molecule has 0 aromatic carbocycles. The van der Waals surface area contributed by atoms with Crippen molar-refractivity contribution in [3.05, 3.63) is 0 Å². The maximum absolute atomic E-state index is 8.52. The van der Waals surface area contributed by atoms with Crippen LogP contribution >= 0.6 is 0 Å². The van der Waals surface area contributed by atoms with Crippen LogP contribution in [0.5, 0.6) is 0 Å². The summed E-state index contributed by atoms with van der Waals surface area (Å²) in [6, 6.07) is 0.608. The third kappa shape index (κ3) is 2.25. The summed E-state index contributed by atoms with van der Waals surface area (Å²) >= 11 is 0. The van der Waals surface area contributed by atoms with Crippen LogP contribution < -0.4 is 5.32 Å². The predicted molar refractivity (Wildman–Crippen MR) is 41.0 cm³/mol. The number of likely N-dealkylation sites (N-methyl/N-ethyl adjacent to an activating group) is 1. The van der Waals surface area contributed by atoms with Gasteiger partial charge in [0.25, 0.3) is 0 Å². The molecule has 1 fully saturated rings. The number of hydrogen-bond acceptors (Lipinski definition) is 3. The molecule has 60 valence electrons. The summed E-state index contributed by atoms with van der Waals surface area (Å²) in [6.07, 6.45) is 1.22. The minimum atomic E-state index is 0.250. The number of likely N-dealkylation sites (tertiary alicyclic amines) is 1. The van der Waals surface area contributed by atoms with Crippen molar-refractivity contribution in [2.24, 2.45) is 0 Å². The van der Waals surface area contributed by atoms with Gasteiger partial charge in [-0.15, -0.1) is 0 Å². The van der Waals surface area contributed by atoms with E-state index in [1.807, 2.05) is 0 Å². The lowest BCUT2D eigenvalue weighted by molar-refractivity contribution is 0.283. The molecular weight excluding hydrogens is 128 g/mol. The molecule has 0 saturated carbocycles. The lowest BCUT2D eigenvalue weighted by Crippen LogP contribution is -2.33. The summed E-state index contributed by atoms with van der Waals surface area (Å²) in [5.74, 6) is 0. The molecule has 0 radical (unpaired) electrons. The Morgan fingerprint density at radius 2 is 2.50 bits per heavy atom. The molecule has 3 nitrogen and oxygen atoms in total. The van der Waals surface area contributed by atoms with Gasteiger partial charge in [0, 0.05) is 19.1 Å². The molecule has 1 aliphatic rings. The molecule has 1 rings (SSSR count). The molecule has 0 amide bonds. The van der Waals surface area contributed by atoms with Gasteiger partial charge < -0.3 is 15.3 Å². The van der Waals surface area contributed by atoms with E-state index in [9.17, 15) is 0 Å². The highest BCUT2D eigenvalue weighted by molar-refractivity contribution is 4.78. The second-order valence-corrected chi connectivity index (χ2v) is 2.93. The number of hydrogen-bond donors (Lipinski definition) is 2. The molecule has 3 heteroatoms. The first kappa shape index (κ1) is 7.98. The van der Waals surface area contributed by atoms with Crippen molar-refractivity contribution in [2.75, 3.05) is 33.3 Å². The zero-order chi connectivity index (χ0) is 7.40. The van der Waals surface area contributed by atoms with Gasteiger partial charge in [-0.05, 0) is 20.0 Å². The van der Waals surface area contributed by atoms with Crippen LogP contribution in [0.3, 0.4) is 0 Å². The fourth-order valence-electron chi connectivity index (χ4n) is 1.37. The Kier molecular flexibility index (Phi) is 3.12. The van der Waals surface area contributed by atoms with Crippen LogP contribution in [0, 0.1) is 0 Å². The van der Waals surface area contributed by atoms with Crippen LogP contribution in [-0.4, -0.2) is 49.3 Å². The summed E-state index contributed by atoms with van der Waals surface area (Å²) in [4.78, 5) is 2.30. The van der Waals surface area contributed by atoms with Crippen molar-refractivity contribution in [1.82, 2.24) is 10.2 Å². The molecule has 2 N–H and O–H groups in total. The predicted octanol–water partition coefficient (Wildman–Crippen LogP) is -0.728. The SMILES string of the molecule is CN1CC[C@@H](NCCO)C1. The summed E-state index contributed by atoms with van der Waals surface area (Å²) < 4.78 is 0. The monoisotopic (exact) mass is 144 g/mol. The number of aliphatic hydroxyl groups excluding tert-OH is 1. The van der Waals surface area contributed by atoms with E-state index in [-0.39, 0.29) is 6.61 Å². The van der Waals surface area contributed by atoms with Crippen LogP contribution in [0.25, 0.3) is 0 Å². The molecule has 0 aliphatic carbocycles. The van der Waals surface area contributed by atoms with E-state index in [4.69, 9.17) is 5.11 Å². The van der Waals surface area contributed by atoms with E-state index in [1.54, 1.807) is 0 Å². The standard InChI is InChI=1S/C7H16N2O/c1-9-4-2-7(6-9)8-3-5-10/h7-8,10H,2-6H2,1H3/t7-/m1/s1. The number of nitrogens with zero attached hydrogens (tertiary/aromatic N) is 1. The van der Waals surface area contributed by atoms with Crippen molar-refractivity contribution >= 4 is 0 Å². The van der Waals surface area contributed by atoms with Crippen molar-refractivity contribution in [3.8, 4) is 0 Å². The Morgan fingerprint density at radius 1 is 1.70 bits per heavy atom. The Bertz CT molecular complexity index is 97.6. The van der Waals surface area contributed by atoms with Crippen LogP contribution in [0.2, 0.25) is 0 Å². The molecule has 0 unspecified atom stereocenters. The van der Waals surface area contributed by atoms with Gasteiger partial charge in [0.05, 0.1) is 6.61 Å². The van der Waals surface area contributed by atoms with Crippen molar-refractivity contribution in [2.45, 2.75) is 12.5 Å². The van der Waals surface area contributed by atoms with E-state index in [1.165, 1.54) is 13.0 Å². The summed E-state index contributed by atoms with van der Waals surface area (Å²) in [6.45, 7) is 3.29. The minimum absolute atomic E-state index is 0.250. The van der Waals surface area contributed by atoms with Crippen molar-refractivity contribution < 1.29 is 5.11 Å². The summed E-state index contributed by atoms with van der Waals surface area (Å²) in [5, 5.41) is 11.8. The number of nitrogens with one attached hydrogen (secondary N) is 1. The molecule has 1 heterocycles. The molecule has 0 bridgehead atoms. The molecule has 0 aromatic rings. The van der Waals surface area contributed by atoms with E-state index >= 15 is 0 Å². The molecular formula is C7H16N2O. The molecule has 0 aromatic heterocycles. The lowest BCUT2D eigenvalue weighted by atomic mass is 10.3. The van der Waals surface area contributed by atoms with Gasteiger partial charge in [-0.1, -0.05) is 0 Å². The Labute approximate surface area is 62.0 Å². The van der Waals surface area contributed by atoms with Crippen LogP contribution in [0.15, 0.2) is 0 Å². The Morgan fingerprint density at radius 3 is 3.00 bits per heavy atom. The third-order valence-electron chi connectivity index (χ3n) is 1.94. The van der Waals surface area contributed by atoms with Crippen LogP contribution in [0.4, 0.5) is 0 Å². The average molecular weight is 144 g/mol. The highest BCUT2D eigenvalue weighted by Gasteiger charge is 2.17. The summed E-state index contributed by atoms with van der Waals surface area (Å²) in [5.41, 5.74) is 0. The summed E-state index contributed by atoms with van der Waals surface area (Å²) in [7, 11) is 2.13. The van der Waals surface area contributed by atoms with Gasteiger partial charge in [-0.2, -0.15) is 0 Å². The van der Waals surface area contributed by atoms with Crippen molar-refractivity contribution in [3.63, 3.8) is 0 Å². The first-order valence-corrected chi connectivity index (χ1v) is 3.85. The first-order chi connectivity index (χ1) is 4.83. The van der Waals surface area contributed by atoms with Crippen LogP contribution in [-0.2, 0) is 0 Å². The van der Waals surface area contributed by atoms with Gasteiger partial charge in [0.15, 0.2) is 0 Å². The second kappa shape index (κ2) is 3.91. The fourth-order valence-corrected chi connectivity index (χ4v) is 1.37. The minimum Gasteiger partial charge on any atom is -0.395 e. The molecule has 10 heavy (non-hydrogen) atoms. The topological polar surface area (TPSA) is 35.5 Å². The van der Waals surface area contributed by atoms with Gasteiger partial charge in [0.2, 0.25) is 0 Å². The first-order valence-electron chi connectivity index (χ1n) is 3.85. The fraction of sp³-hybridized carbons (Fsp3) is 1.00. The third-order valence-corrected chi connectivity index (χ3v) is 1.94. The maximum atomic E-state index is 8.52. The van der Waals surface area contributed by atoms with Gasteiger partial charge in [-0.3, -0.25) is 0 Å². The van der Waals surface area contributed by atoms with Gasteiger partial charge in [-0.25, -0.2) is 0 Å². The maximum Gasteiger partial charge on any atom is 0.0556 e. The van der Waals surface area contributed by atoms with Gasteiger partial charge >= 0.3 is 0 Å². The largest absolute Gasteiger partial charge is 0.395 e. The number of rotatable bonds is 3. The lowest BCUT2D eigenvalue weighted by Gasteiger charge is -2.10. The van der Waals surface area contributed by atoms with E-state index < -0.39 is 0 Å². The highest BCUT2D eigenvalue weighted by atomic mass is 16.3. The molecule has 1 aliphatic heterocycles. The average Bonchev–Trinajstić information content (AvgIpc) is 2.31. The molecule has 0 spiro atoms. The van der Waals surface area contributed by atoms with E-state index in [0.29, 0.717) is 6.04 Å². The smallest absolute Gasteiger partial charge is 0.0556 e. The zero-order valence-electron chi connectivity index (χ0n) is 6.51. The van der Waals surface area contributed by atoms with Crippen LogP contribution in [0.1, 0.15) is 6.42 Å². The zero-order valence-corrected chi connectivity index (χ0v) is 6.51. The highest BCUT2D eigenvalue weighted by Crippen LogP contribution is 2.04. The van der Waals surface area contributed by atoms with Gasteiger partial charge in [0.1, 0.15) is 0 Å². The normalized spacial score (nSPS) is 27.6. The molecule has 1 saturated heterocycles. The van der Waals surface area contributed by atoms with E-state index in [2.05, 4.69) is 17.3 Å². The van der Waals surface area contributed by atoms with Crippen molar-refractivity contribution in [1.29, 1.82) is 0 Å². The number of aliphatic hydroxyl groups is 1. The quantitative estimate of drug-likeness (QED) is 0.548. The second-order valence-electron chi connectivity index (χ2n) is 2.93. The molecule has 1 atom stereocenters.